The summed E-state index contributed by atoms with van der Waals surface area (Å²) < 4.78 is 12.5. The Morgan fingerprint density at radius 1 is 1.32 bits per heavy atom. The van der Waals surface area contributed by atoms with Crippen molar-refractivity contribution in [1.82, 2.24) is 5.32 Å². The molecule has 0 spiro atoms. The third-order valence-corrected chi connectivity index (χ3v) is 4.17. The number of hydrogen-bond donors (Lipinski definition) is 1. The molecular weight excluding hydrogens is 374 g/mol. The Labute approximate surface area is 129 Å². The van der Waals surface area contributed by atoms with Gasteiger partial charge in [0.15, 0.2) is 4.67 Å². The van der Waals surface area contributed by atoms with E-state index in [1.165, 1.54) is 0 Å². The summed E-state index contributed by atoms with van der Waals surface area (Å²) in [5.41, 5.74) is 2.24. The Hall–Kier alpha value is -0.780. The fraction of sp³-hybridized carbons (Fsp3) is 0.286. The second kappa shape index (κ2) is 6.59. The smallest absolute Gasteiger partial charge is 0.173 e. The fourth-order valence-electron chi connectivity index (χ4n) is 2.05. The number of furan rings is 1. The van der Waals surface area contributed by atoms with E-state index in [-0.39, 0.29) is 6.04 Å². The van der Waals surface area contributed by atoms with E-state index >= 15 is 0 Å². The minimum Gasteiger partial charge on any atom is -0.496 e. The molecule has 1 atom stereocenters. The molecule has 0 aliphatic heterocycles. The topological polar surface area (TPSA) is 34.4 Å². The largest absolute Gasteiger partial charge is 0.496 e. The Morgan fingerprint density at radius 2 is 2.11 bits per heavy atom. The molecule has 2 rings (SSSR count). The summed E-state index contributed by atoms with van der Waals surface area (Å²) in [5.74, 6) is 0.892. The first-order chi connectivity index (χ1) is 9.15. The lowest BCUT2D eigenvalue weighted by atomic mass is 10.0. The lowest BCUT2D eigenvalue weighted by molar-refractivity contribution is 0.406. The predicted molar refractivity (Wildman–Crippen MR) is 82.6 cm³/mol. The van der Waals surface area contributed by atoms with Crippen molar-refractivity contribution in [3.8, 4) is 5.75 Å². The number of likely N-dealkylation sites (N-methyl/N-ethyl adjacent to an activating group) is 1. The van der Waals surface area contributed by atoms with E-state index in [9.17, 15) is 0 Å². The molecule has 0 fully saturated rings. The highest BCUT2D eigenvalue weighted by Gasteiger charge is 2.17. The number of halogens is 2. The average molecular weight is 389 g/mol. The normalized spacial score (nSPS) is 12.4. The van der Waals surface area contributed by atoms with Gasteiger partial charge in [0.1, 0.15) is 5.75 Å². The minimum absolute atomic E-state index is 0.163. The van der Waals surface area contributed by atoms with E-state index < -0.39 is 0 Å². The SMILES string of the molecule is CNC(Cc1cc(Br)ccc1OC)c1ccoc1Br. The lowest BCUT2D eigenvalue weighted by Gasteiger charge is -2.17. The van der Waals surface area contributed by atoms with Gasteiger partial charge >= 0.3 is 0 Å². The van der Waals surface area contributed by atoms with Crippen molar-refractivity contribution in [3.05, 3.63) is 50.8 Å². The third-order valence-electron chi connectivity index (χ3n) is 3.04. The van der Waals surface area contributed by atoms with Crippen LogP contribution in [0.15, 0.2) is 44.1 Å². The molecular formula is C14H15Br2NO2. The predicted octanol–water partition coefficient (Wildman–Crippen LogP) is 4.32. The quantitative estimate of drug-likeness (QED) is 0.828. The Kier molecular flexibility index (Phi) is 5.07. The van der Waals surface area contributed by atoms with Gasteiger partial charge in [0.25, 0.3) is 0 Å². The van der Waals surface area contributed by atoms with Gasteiger partial charge in [0.05, 0.1) is 13.4 Å². The van der Waals surface area contributed by atoms with Crippen LogP contribution >= 0.6 is 31.9 Å². The molecule has 5 heteroatoms. The van der Waals surface area contributed by atoms with E-state index in [0.29, 0.717) is 0 Å². The Balaban J connectivity index is 2.28. The standard InChI is InChI=1S/C14H15Br2NO2/c1-17-12(11-5-6-19-14(11)16)8-9-7-10(15)3-4-13(9)18-2/h3-7,12,17H,8H2,1-2H3. The van der Waals surface area contributed by atoms with Crippen LogP contribution in [0.4, 0.5) is 0 Å². The maximum absolute atomic E-state index is 5.41. The first-order valence-electron chi connectivity index (χ1n) is 5.88. The molecule has 0 amide bonds. The number of benzene rings is 1. The number of hydrogen-bond acceptors (Lipinski definition) is 3. The third kappa shape index (κ3) is 3.41. The monoisotopic (exact) mass is 387 g/mol. The molecule has 0 aliphatic carbocycles. The van der Waals surface area contributed by atoms with Crippen LogP contribution < -0.4 is 10.1 Å². The van der Waals surface area contributed by atoms with Crippen molar-refractivity contribution >= 4 is 31.9 Å². The van der Waals surface area contributed by atoms with Crippen LogP contribution in [0.25, 0.3) is 0 Å². The van der Waals surface area contributed by atoms with Crippen molar-refractivity contribution in [2.24, 2.45) is 0 Å². The highest BCUT2D eigenvalue weighted by atomic mass is 79.9. The van der Waals surface area contributed by atoms with Crippen LogP contribution in [0.3, 0.4) is 0 Å². The van der Waals surface area contributed by atoms with Crippen LogP contribution in [0.5, 0.6) is 5.75 Å². The Bertz CT molecular complexity index is 554. The summed E-state index contributed by atoms with van der Waals surface area (Å²) in [7, 11) is 3.63. The Morgan fingerprint density at radius 3 is 2.68 bits per heavy atom. The summed E-state index contributed by atoms with van der Waals surface area (Å²) in [6, 6.07) is 8.16. The first kappa shape index (κ1) is 14.6. The van der Waals surface area contributed by atoms with Crippen molar-refractivity contribution in [1.29, 1.82) is 0 Å². The molecule has 0 saturated carbocycles. The molecule has 1 aromatic heterocycles. The van der Waals surface area contributed by atoms with Gasteiger partial charge in [-0.3, -0.25) is 0 Å². The van der Waals surface area contributed by atoms with Gasteiger partial charge in [-0.1, -0.05) is 15.9 Å². The van der Waals surface area contributed by atoms with Gasteiger partial charge in [-0.2, -0.15) is 0 Å². The zero-order valence-electron chi connectivity index (χ0n) is 10.7. The second-order valence-corrected chi connectivity index (χ2v) is 5.79. The molecule has 0 aliphatic rings. The molecule has 3 nitrogen and oxygen atoms in total. The molecule has 102 valence electrons. The zero-order valence-corrected chi connectivity index (χ0v) is 13.9. The summed E-state index contributed by atoms with van der Waals surface area (Å²) in [4.78, 5) is 0. The minimum atomic E-state index is 0.163. The second-order valence-electron chi connectivity index (χ2n) is 4.15. The van der Waals surface area contributed by atoms with Crippen LogP contribution in [0.1, 0.15) is 17.2 Å². The molecule has 1 aromatic carbocycles. The summed E-state index contributed by atoms with van der Waals surface area (Å²) in [5, 5.41) is 3.30. The zero-order chi connectivity index (χ0) is 13.8. The van der Waals surface area contributed by atoms with Crippen LogP contribution in [0.2, 0.25) is 0 Å². The van der Waals surface area contributed by atoms with Crippen molar-refractivity contribution in [2.75, 3.05) is 14.2 Å². The molecule has 0 radical (unpaired) electrons. The first-order valence-corrected chi connectivity index (χ1v) is 7.47. The highest BCUT2D eigenvalue weighted by Crippen LogP contribution is 2.31. The molecule has 2 aromatic rings. The molecule has 19 heavy (non-hydrogen) atoms. The van der Waals surface area contributed by atoms with Crippen molar-refractivity contribution in [2.45, 2.75) is 12.5 Å². The van der Waals surface area contributed by atoms with E-state index in [1.54, 1.807) is 13.4 Å². The number of methoxy groups -OCH3 is 1. The summed E-state index contributed by atoms with van der Waals surface area (Å²) >= 11 is 6.92. The fourth-order valence-corrected chi connectivity index (χ4v) is 2.97. The summed E-state index contributed by atoms with van der Waals surface area (Å²) in [6.45, 7) is 0. The maximum atomic E-state index is 5.41. The van der Waals surface area contributed by atoms with Gasteiger partial charge in [-0.05, 0) is 59.2 Å². The van der Waals surface area contributed by atoms with E-state index in [1.807, 2.05) is 25.2 Å². The molecule has 1 heterocycles. The maximum Gasteiger partial charge on any atom is 0.173 e. The van der Waals surface area contributed by atoms with E-state index in [0.717, 1.165) is 32.4 Å². The summed E-state index contributed by atoms with van der Waals surface area (Å²) in [6.07, 6.45) is 2.50. The molecule has 0 bridgehead atoms. The van der Waals surface area contributed by atoms with Crippen LogP contribution in [-0.2, 0) is 6.42 Å². The lowest BCUT2D eigenvalue weighted by Crippen LogP contribution is -2.19. The van der Waals surface area contributed by atoms with E-state index in [2.05, 4.69) is 43.2 Å². The average Bonchev–Trinajstić information content (AvgIpc) is 2.82. The van der Waals surface area contributed by atoms with Gasteiger partial charge in [-0.25, -0.2) is 0 Å². The van der Waals surface area contributed by atoms with E-state index in [4.69, 9.17) is 9.15 Å². The van der Waals surface area contributed by atoms with Gasteiger partial charge in [0, 0.05) is 16.1 Å². The van der Waals surface area contributed by atoms with Crippen molar-refractivity contribution in [3.63, 3.8) is 0 Å². The number of nitrogens with one attached hydrogen (secondary N) is 1. The van der Waals surface area contributed by atoms with Gasteiger partial charge < -0.3 is 14.5 Å². The molecule has 1 N–H and O–H groups in total. The van der Waals surface area contributed by atoms with Crippen LogP contribution in [0, 0.1) is 0 Å². The van der Waals surface area contributed by atoms with Crippen LogP contribution in [-0.4, -0.2) is 14.2 Å². The number of ether oxygens (including phenoxy) is 1. The number of rotatable bonds is 5. The van der Waals surface area contributed by atoms with Crippen molar-refractivity contribution < 1.29 is 9.15 Å². The van der Waals surface area contributed by atoms with Gasteiger partial charge in [-0.15, -0.1) is 0 Å². The molecule has 0 saturated heterocycles. The van der Waals surface area contributed by atoms with Gasteiger partial charge in [0.2, 0.25) is 0 Å². The molecule has 1 unspecified atom stereocenters. The highest BCUT2D eigenvalue weighted by molar-refractivity contribution is 9.10.